The fourth-order valence-corrected chi connectivity index (χ4v) is 1.69. The lowest BCUT2D eigenvalue weighted by Crippen LogP contribution is -1.88. The predicted molar refractivity (Wildman–Crippen MR) is 70.8 cm³/mol. The number of ketones is 1. The molecule has 0 spiro atoms. The van der Waals surface area contributed by atoms with Crippen LogP contribution in [0.3, 0.4) is 0 Å². The van der Waals surface area contributed by atoms with Gasteiger partial charge in [0.1, 0.15) is 11.6 Å². The van der Waals surface area contributed by atoms with E-state index in [1.165, 1.54) is 0 Å². The molecule has 0 saturated carbocycles. The number of aromatic amines is 1. The Morgan fingerprint density at radius 1 is 1.29 bits per heavy atom. The highest BCUT2D eigenvalue weighted by atomic mass is 16.1. The van der Waals surface area contributed by atoms with Crippen molar-refractivity contribution in [1.82, 2.24) is 9.97 Å². The zero-order valence-electron chi connectivity index (χ0n) is 11.2. The molecule has 0 fully saturated rings. The van der Waals surface area contributed by atoms with E-state index in [-0.39, 0.29) is 5.78 Å². The molecule has 1 aromatic rings. The first kappa shape index (κ1) is 13.4. The molecule has 1 rings (SSSR count). The van der Waals surface area contributed by atoms with Gasteiger partial charge in [-0.3, -0.25) is 4.79 Å². The summed E-state index contributed by atoms with van der Waals surface area (Å²) in [6.07, 6.45) is 4.37. The summed E-state index contributed by atoms with van der Waals surface area (Å²) in [5, 5.41) is 0. The van der Waals surface area contributed by atoms with Gasteiger partial charge in [0.25, 0.3) is 0 Å². The highest BCUT2D eigenvalue weighted by molar-refractivity contribution is 5.77. The van der Waals surface area contributed by atoms with Crippen molar-refractivity contribution in [3.63, 3.8) is 0 Å². The van der Waals surface area contributed by atoms with Crippen LogP contribution in [0, 0.1) is 13.8 Å². The maximum Gasteiger partial charge on any atom is 0.133 e. The minimum Gasteiger partial charge on any atom is -0.346 e. The van der Waals surface area contributed by atoms with E-state index in [1.54, 1.807) is 6.92 Å². The van der Waals surface area contributed by atoms with E-state index in [1.807, 2.05) is 32.9 Å². The van der Waals surface area contributed by atoms with Crippen molar-refractivity contribution in [3.05, 3.63) is 34.9 Å². The molecule has 92 valence electrons. The summed E-state index contributed by atoms with van der Waals surface area (Å²) in [5.41, 5.74) is 4.37. The smallest absolute Gasteiger partial charge is 0.133 e. The molecule has 0 radical (unpaired) electrons. The Bertz CT molecular complexity index is 478. The van der Waals surface area contributed by atoms with Crippen molar-refractivity contribution in [3.8, 4) is 0 Å². The molecule has 3 heteroatoms. The van der Waals surface area contributed by atoms with Crippen LogP contribution in [0.4, 0.5) is 0 Å². The number of allylic oxidation sites excluding steroid dienone is 4. The van der Waals surface area contributed by atoms with E-state index in [0.29, 0.717) is 6.42 Å². The average Bonchev–Trinajstić information content (AvgIpc) is 2.56. The number of Topliss-reactive ketones (excluding diaryl/α,β-unsaturated/α-hetero) is 1. The van der Waals surface area contributed by atoms with E-state index in [4.69, 9.17) is 0 Å². The fraction of sp³-hybridized carbons (Fsp3) is 0.429. The maximum absolute atomic E-state index is 10.8. The molecular formula is C14H20N2O. The lowest BCUT2D eigenvalue weighted by Gasteiger charge is -2.02. The second-order valence-corrected chi connectivity index (χ2v) is 4.41. The normalized spacial score (nSPS) is 13.0. The van der Waals surface area contributed by atoms with Crippen molar-refractivity contribution in [1.29, 1.82) is 0 Å². The van der Waals surface area contributed by atoms with Crippen LogP contribution in [0.2, 0.25) is 0 Å². The molecule has 0 aromatic carbocycles. The first-order chi connectivity index (χ1) is 7.91. The Morgan fingerprint density at radius 2 is 1.94 bits per heavy atom. The Labute approximate surface area is 103 Å². The predicted octanol–water partition coefficient (Wildman–Crippen LogP) is 3.36. The van der Waals surface area contributed by atoms with Crippen LogP contribution in [-0.2, 0) is 4.79 Å². The van der Waals surface area contributed by atoms with Crippen LogP contribution >= 0.6 is 0 Å². The number of H-pyrrole nitrogens is 1. The Balaban J connectivity index is 2.93. The van der Waals surface area contributed by atoms with Crippen LogP contribution in [0.5, 0.6) is 0 Å². The summed E-state index contributed by atoms with van der Waals surface area (Å²) in [6, 6.07) is 0. The fourth-order valence-electron chi connectivity index (χ4n) is 1.69. The van der Waals surface area contributed by atoms with Crippen molar-refractivity contribution < 1.29 is 4.79 Å². The summed E-state index contributed by atoms with van der Waals surface area (Å²) >= 11 is 0. The number of nitrogens with zero attached hydrogens (tertiary/aromatic N) is 1. The lowest BCUT2D eigenvalue weighted by atomic mass is 10.1. The van der Waals surface area contributed by atoms with Crippen LogP contribution in [0.25, 0.3) is 5.57 Å². The molecule has 1 aromatic heterocycles. The third-order valence-corrected chi connectivity index (χ3v) is 2.72. The molecule has 0 aliphatic rings. The van der Waals surface area contributed by atoms with Gasteiger partial charge in [-0.05, 0) is 45.8 Å². The second kappa shape index (κ2) is 5.62. The minimum atomic E-state index is 0.179. The third-order valence-electron chi connectivity index (χ3n) is 2.72. The van der Waals surface area contributed by atoms with Gasteiger partial charge in [0.05, 0.1) is 5.69 Å². The molecule has 0 aliphatic carbocycles. The lowest BCUT2D eigenvalue weighted by molar-refractivity contribution is -0.116. The third kappa shape index (κ3) is 3.70. The topological polar surface area (TPSA) is 45.8 Å². The van der Waals surface area contributed by atoms with Crippen LogP contribution in [-0.4, -0.2) is 15.8 Å². The van der Waals surface area contributed by atoms with Gasteiger partial charge in [-0.2, -0.15) is 0 Å². The number of imidazole rings is 1. The van der Waals surface area contributed by atoms with Gasteiger partial charge in [-0.15, -0.1) is 0 Å². The number of aromatic nitrogens is 2. The van der Waals surface area contributed by atoms with E-state index < -0.39 is 0 Å². The van der Waals surface area contributed by atoms with Crippen LogP contribution < -0.4 is 0 Å². The minimum absolute atomic E-state index is 0.179. The summed E-state index contributed by atoms with van der Waals surface area (Å²) < 4.78 is 0. The zero-order valence-corrected chi connectivity index (χ0v) is 11.2. The van der Waals surface area contributed by atoms with Crippen LogP contribution in [0.15, 0.2) is 17.7 Å². The highest BCUT2D eigenvalue weighted by Gasteiger charge is 2.07. The van der Waals surface area contributed by atoms with Crippen molar-refractivity contribution in [2.45, 2.75) is 41.0 Å². The molecule has 1 N–H and O–H groups in total. The van der Waals surface area contributed by atoms with Gasteiger partial charge in [-0.1, -0.05) is 12.2 Å². The molecule has 1 heterocycles. The van der Waals surface area contributed by atoms with Crippen molar-refractivity contribution >= 4 is 11.4 Å². The van der Waals surface area contributed by atoms with Gasteiger partial charge in [0, 0.05) is 12.1 Å². The summed E-state index contributed by atoms with van der Waals surface area (Å²) in [6.45, 7) is 9.65. The number of carbonyl (C=O) groups excluding carboxylic acids is 1. The molecule has 17 heavy (non-hydrogen) atoms. The highest BCUT2D eigenvalue weighted by Crippen LogP contribution is 2.20. The van der Waals surface area contributed by atoms with Crippen molar-refractivity contribution in [2.75, 3.05) is 0 Å². The first-order valence-corrected chi connectivity index (χ1v) is 5.79. The average molecular weight is 232 g/mol. The summed E-state index contributed by atoms with van der Waals surface area (Å²) in [7, 11) is 0. The number of nitrogens with one attached hydrogen (secondary N) is 1. The number of hydrogen-bond donors (Lipinski definition) is 1. The monoisotopic (exact) mass is 232 g/mol. The molecule has 0 bridgehead atoms. The number of carbonyl (C=O) groups is 1. The maximum atomic E-state index is 10.8. The molecule has 0 unspecified atom stereocenters. The standard InChI is InChI=1S/C14H20N2O/c1-9(7-6-8-10(2)17)11(3)14-12(4)15-13(5)16-14/h6-7H,8H2,1-5H3,(H,15,16)/b7-6-,11-9+. The van der Waals surface area contributed by atoms with Gasteiger partial charge in [-0.25, -0.2) is 4.98 Å². The number of rotatable bonds is 4. The number of aryl methyl sites for hydroxylation is 2. The van der Waals surface area contributed by atoms with E-state index in [2.05, 4.69) is 16.9 Å². The quantitative estimate of drug-likeness (QED) is 0.809. The Morgan fingerprint density at radius 3 is 2.41 bits per heavy atom. The Kier molecular flexibility index (Phi) is 4.44. The van der Waals surface area contributed by atoms with Crippen molar-refractivity contribution in [2.24, 2.45) is 0 Å². The van der Waals surface area contributed by atoms with E-state index >= 15 is 0 Å². The van der Waals surface area contributed by atoms with Crippen LogP contribution in [0.1, 0.15) is 44.4 Å². The van der Waals surface area contributed by atoms with Gasteiger partial charge < -0.3 is 4.98 Å². The summed E-state index contributed by atoms with van der Waals surface area (Å²) in [4.78, 5) is 18.5. The molecule has 0 amide bonds. The molecule has 0 atom stereocenters. The second-order valence-electron chi connectivity index (χ2n) is 4.41. The molecular weight excluding hydrogens is 212 g/mol. The van der Waals surface area contributed by atoms with Gasteiger partial charge in [0.15, 0.2) is 0 Å². The van der Waals surface area contributed by atoms with Gasteiger partial charge >= 0.3 is 0 Å². The Hall–Kier alpha value is -1.64. The number of hydrogen-bond acceptors (Lipinski definition) is 2. The SMILES string of the molecule is CC(=O)C/C=C\C(C)=C(/C)c1nc(C)[nH]c1C. The van der Waals surface area contributed by atoms with E-state index in [9.17, 15) is 4.79 Å². The molecule has 0 aliphatic heterocycles. The zero-order chi connectivity index (χ0) is 13.0. The molecule has 3 nitrogen and oxygen atoms in total. The molecule has 0 saturated heterocycles. The van der Waals surface area contributed by atoms with E-state index in [0.717, 1.165) is 28.4 Å². The van der Waals surface area contributed by atoms with Gasteiger partial charge in [0.2, 0.25) is 0 Å². The first-order valence-electron chi connectivity index (χ1n) is 5.79. The summed E-state index contributed by atoms with van der Waals surface area (Å²) in [5.74, 6) is 1.11. The largest absolute Gasteiger partial charge is 0.346 e.